The molecule has 3 N–H and O–H groups in total. The SMILES string of the molecule is Cc1cccc(-c2ncc(NCC3(C)COC3)c(C(N)=O)n2)c1. The molecule has 0 atom stereocenters. The zero-order valence-corrected chi connectivity index (χ0v) is 13.3. The molecule has 1 aliphatic heterocycles. The molecule has 1 fully saturated rings. The molecule has 6 heteroatoms. The van der Waals surface area contributed by atoms with E-state index in [4.69, 9.17) is 10.5 Å². The maximum absolute atomic E-state index is 11.7. The summed E-state index contributed by atoms with van der Waals surface area (Å²) in [5, 5.41) is 3.22. The molecule has 2 heterocycles. The first-order chi connectivity index (χ1) is 11.0. The molecule has 0 aliphatic carbocycles. The Labute approximate surface area is 135 Å². The molecule has 1 aromatic carbocycles. The first kappa shape index (κ1) is 15.4. The Morgan fingerprint density at radius 2 is 2.22 bits per heavy atom. The van der Waals surface area contributed by atoms with Crippen LogP contribution in [0.4, 0.5) is 5.69 Å². The predicted octanol–water partition coefficient (Wildman–Crippen LogP) is 2.00. The number of carbonyl (C=O) groups is 1. The van der Waals surface area contributed by atoms with E-state index in [0.717, 1.165) is 11.1 Å². The summed E-state index contributed by atoms with van der Waals surface area (Å²) in [6, 6.07) is 7.81. The molecular weight excluding hydrogens is 292 g/mol. The molecule has 3 rings (SSSR count). The highest BCUT2D eigenvalue weighted by atomic mass is 16.5. The van der Waals surface area contributed by atoms with E-state index in [9.17, 15) is 4.79 Å². The number of nitrogens with one attached hydrogen (secondary N) is 1. The van der Waals surface area contributed by atoms with Crippen LogP contribution >= 0.6 is 0 Å². The Hall–Kier alpha value is -2.47. The van der Waals surface area contributed by atoms with Crippen molar-refractivity contribution in [3.05, 3.63) is 41.7 Å². The quantitative estimate of drug-likeness (QED) is 0.881. The lowest BCUT2D eigenvalue weighted by atomic mass is 9.88. The Bertz CT molecular complexity index is 741. The second kappa shape index (κ2) is 5.96. The summed E-state index contributed by atoms with van der Waals surface area (Å²) in [5.74, 6) is -0.0787. The van der Waals surface area contributed by atoms with Crippen molar-refractivity contribution in [3.8, 4) is 11.4 Å². The van der Waals surface area contributed by atoms with E-state index in [1.807, 2.05) is 31.2 Å². The molecule has 6 nitrogen and oxygen atoms in total. The van der Waals surface area contributed by atoms with Crippen LogP contribution in [0.5, 0.6) is 0 Å². The van der Waals surface area contributed by atoms with Gasteiger partial charge in [-0.15, -0.1) is 0 Å². The smallest absolute Gasteiger partial charge is 0.269 e. The number of carbonyl (C=O) groups excluding carboxylic acids is 1. The van der Waals surface area contributed by atoms with Gasteiger partial charge in [0.05, 0.1) is 25.1 Å². The van der Waals surface area contributed by atoms with Gasteiger partial charge in [-0.1, -0.05) is 30.7 Å². The highest BCUT2D eigenvalue weighted by Crippen LogP contribution is 2.27. The van der Waals surface area contributed by atoms with Crippen molar-refractivity contribution in [3.63, 3.8) is 0 Å². The van der Waals surface area contributed by atoms with E-state index in [1.54, 1.807) is 6.20 Å². The molecule has 0 bridgehead atoms. The molecule has 0 spiro atoms. The highest BCUT2D eigenvalue weighted by molar-refractivity contribution is 5.96. The number of nitrogens with zero attached hydrogens (tertiary/aromatic N) is 2. The zero-order valence-electron chi connectivity index (χ0n) is 13.3. The fourth-order valence-corrected chi connectivity index (χ4v) is 2.48. The summed E-state index contributed by atoms with van der Waals surface area (Å²) in [6.07, 6.45) is 1.62. The summed E-state index contributed by atoms with van der Waals surface area (Å²) in [7, 11) is 0. The van der Waals surface area contributed by atoms with Crippen LogP contribution in [-0.2, 0) is 4.74 Å². The number of aryl methyl sites for hydroxylation is 1. The average Bonchev–Trinajstić information content (AvgIpc) is 2.51. The Balaban J connectivity index is 1.87. The van der Waals surface area contributed by atoms with Crippen molar-refractivity contribution in [2.45, 2.75) is 13.8 Å². The largest absolute Gasteiger partial charge is 0.381 e. The number of hydrogen-bond acceptors (Lipinski definition) is 5. The molecule has 2 aromatic rings. The molecule has 1 saturated heterocycles. The van der Waals surface area contributed by atoms with Crippen molar-refractivity contribution >= 4 is 11.6 Å². The third kappa shape index (κ3) is 3.32. The van der Waals surface area contributed by atoms with E-state index in [1.165, 1.54) is 0 Å². The molecule has 0 saturated carbocycles. The van der Waals surface area contributed by atoms with Crippen molar-refractivity contribution in [1.82, 2.24) is 9.97 Å². The fourth-order valence-electron chi connectivity index (χ4n) is 2.48. The van der Waals surface area contributed by atoms with E-state index >= 15 is 0 Å². The lowest BCUT2D eigenvalue weighted by molar-refractivity contribution is -0.0924. The van der Waals surface area contributed by atoms with Gasteiger partial charge in [0.1, 0.15) is 0 Å². The monoisotopic (exact) mass is 312 g/mol. The van der Waals surface area contributed by atoms with Gasteiger partial charge in [0.25, 0.3) is 5.91 Å². The van der Waals surface area contributed by atoms with Gasteiger partial charge in [-0.2, -0.15) is 0 Å². The zero-order chi connectivity index (χ0) is 16.4. The Kier molecular flexibility index (Phi) is 4.00. The second-order valence-electron chi connectivity index (χ2n) is 6.35. The summed E-state index contributed by atoms with van der Waals surface area (Å²) in [6.45, 7) is 6.20. The third-order valence-corrected chi connectivity index (χ3v) is 3.91. The molecule has 0 radical (unpaired) electrons. The second-order valence-corrected chi connectivity index (χ2v) is 6.35. The number of ether oxygens (including phenoxy) is 1. The number of rotatable bonds is 5. The average molecular weight is 312 g/mol. The van der Waals surface area contributed by atoms with Gasteiger partial charge in [-0.25, -0.2) is 9.97 Å². The summed E-state index contributed by atoms with van der Waals surface area (Å²) < 4.78 is 5.23. The van der Waals surface area contributed by atoms with Crippen LogP contribution in [-0.4, -0.2) is 35.6 Å². The number of hydrogen-bond donors (Lipinski definition) is 2. The molecule has 120 valence electrons. The fraction of sp³-hybridized carbons (Fsp3) is 0.353. The topological polar surface area (TPSA) is 90.1 Å². The van der Waals surface area contributed by atoms with Crippen LogP contribution in [0.3, 0.4) is 0 Å². The maximum atomic E-state index is 11.7. The number of primary amides is 1. The minimum Gasteiger partial charge on any atom is -0.381 e. The lowest BCUT2D eigenvalue weighted by Gasteiger charge is -2.38. The highest BCUT2D eigenvalue weighted by Gasteiger charge is 2.33. The van der Waals surface area contributed by atoms with Crippen molar-refractivity contribution in [1.29, 1.82) is 0 Å². The van der Waals surface area contributed by atoms with Crippen LogP contribution in [0.1, 0.15) is 23.0 Å². The molecule has 0 unspecified atom stereocenters. The van der Waals surface area contributed by atoms with E-state index in [-0.39, 0.29) is 11.1 Å². The molecule has 23 heavy (non-hydrogen) atoms. The van der Waals surface area contributed by atoms with Gasteiger partial charge in [-0.05, 0) is 13.0 Å². The third-order valence-electron chi connectivity index (χ3n) is 3.91. The summed E-state index contributed by atoms with van der Waals surface area (Å²) >= 11 is 0. The van der Waals surface area contributed by atoms with Crippen molar-refractivity contribution in [2.24, 2.45) is 11.1 Å². The standard InChI is InChI=1S/C17H20N4O2/c1-11-4-3-5-12(6-11)16-19-7-13(14(21-16)15(18)22)20-8-17(2)9-23-10-17/h3-7,20H,8-10H2,1-2H3,(H2,18,22). The van der Waals surface area contributed by atoms with Gasteiger partial charge >= 0.3 is 0 Å². The summed E-state index contributed by atoms with van der Waals surface area (Å²) in [5.41, 5.74) is 8.29. The number of benzene rings is 1. The van der Waals surface area contributed by atoms with Crippen LogP contribution < -0.4 is 11.1 Å². The van der Waals surface area contributed by atoms with Gasteiger partial charge in [0.15, 0.2) is 11.5 Å². The predicted molar refractivity (Wildman–Crippen MR) is 88.1 cm³/mol. The minimum absolute atomic E-state index is 0.0735. The van der Waals surface area contributed by atoms with Crippen LogP contribution in [0.25, 0.3) is 11.4 Å². The molecule has 1 aliphatic rings. The van der Waals surface area contributed by atoms with Gasteiger partial charge in [0, 0.05) is 17.5 Å². The molecule has 1 aromatic heterocycles. The van der Waals surface area contributed by atoms with Crippen molar-refractivity contribution < 1.29 is 9.53 Å². The van der Waals surface area contributed by atoms with Crippen LogP contribution in [0, 0.1) is 12.3 Å². The number of anilines is 1. The number of amides is 1. The molecular formula is C17H20N4O2. The van der Waals surface area contributed by atoms with Gasteiger partial charge < -0.3 is 15.8 Å². The minimum atomic E-state index is -0.571. The van der Waals surface area contributed by atoms with Gasteiger partial charge in [-0.3, -0.25) is 4.79 Å². The normalized spacial score (nSPS) is 15.7. The lowest BCUT2D eigenvalue weighted by Crippen LogP contribution is -2.45. The van der Waals surface area contributed by atoms with E-state index in [0.29, 0.717) is 31.3 Å². The van der Waals surface area contributed by atoms with E-state index in [2.05, 4.69) is 22.2 Å². The first-order valence-electron chi connectivity index (χ1n) is 7.52. The number of nitrogens with two attached hydrogens (primary N) is 1. The summed E-state index contributed by atoms with van der Waals surface area (Å²) in [4.78, 5) is 20.5. The first-order valence-corrected chi connectivity index (χ1v) is 7.52. The van der Waals surface area contributed by atoms with Gasteiger partial charge in [0.2, 0.25) is 0 Å². The number of aromatic nitrogens is 2. The maximum Gasteiger partial charge on any atom is 0.269 e. The van der Waals surface area contributed by atoms with Crippen LogP contribution in [0.15, 0.2) is 30.5 Å². The van der Waals surface area contributed by atoms with Crippen LogP contribution in [0.2, 0.25) is 0 Å². The van der Waals surface area contributed by atoms with Crippen molar-refractivity contribution in [2.75, 3.05) is 25.1 Å². The van der Waals surface area contributed by atoms with E-state index < -0.39 is 5.91 Å². The molecule has 1 amide bonds. The Morgan fingerprint density at radius 3 is 2.83 bits per heavy atom. The Morgan fingerprint density at radius 1 is 1.43 bits per heavy atom.